The third-order valence-corrected chi connectivity index (χ3v) is 2.84. The average Bonchev–Trinajstić information content (AvgIpc) is 2.28. The van der Waals surface area contributed by atoms with Crippen molar-refractivity contribution in [3.63, 3.8) is 0 Å². The van der Waals surface area contributed by atoms with Crippen molar-refractivity contribution in [2.75, 3.05) is 0 Å². The number of hydrogen-bond donors (Lipinski definition) is 0. The molecular formula is C14H17NO. The third kappa shape index (κ3) is 2.32. The Morgan fingerprint density at radius 1 is 1.12 bits per heavy atom. The molecule has 0 aliphatic heterocycles. The number of benzene rings is 1. The molecule has 0 radical (unpaired) electrons. The molecule has 1 aromatic heterocycles. The van der Waals surface area contributed by atoms with Crippen molar-refractivity contribution in [2.24, 2.45) is 5.92 Å². The first-order chi connectivity index (χ1) is 7.66. The molecule has 0 aliphatic rings. The summed E-state index contributed by atoms with van der Waals surface area (Å²) < 4.78 is 5.86. The maximum absolute atomic E-state index is 5.86. The van der Waals surface area contributed by atoms with Crippen LogP contribution in [0.5, 0.6) is 5.75 Å². The predicted molar refractivity (Wildman–Crippen MR) is 66.7 cm³/mol. The van der Waals surface area contributed by atoms with E-state index in [4.69, 9.17) is 4.74 Å². The fraction of sp³-hybridized carbons (Fsp3) is 0.357. The maximum Gasteiger partial charge on any atom is 0.120 e. The first-order valence-electron chi connectivity index (χ1n) is 5.68. The minimum Gasteiger partial charge on any atom is -0.490 e. The van der Waals surface area contributed by atoms with Gasteiger partial charge in [-0.3, -0.25) is 4.98 Å². The molecule has 1 heterocycles. The summed E-state index contributed by atoms with van der Waals surface area (Å²) in [5, 5.41) is 1.12. The molecule has 2 aromatic rings. The minimum absolute atomic E-state index is 0.231. The summed E-state index contributed by atoms with van der Waals surface area (Å²) in [6.07, 6.45) is 2.04. The van der Waals surface area contributed by atoms with Gasteiger partial charge in [0.05, 0.1) is 11.6 Å². The minimum atomic E-state index is 0.231. The summed E-state index contributed by atoms with van der Waals surface area (Å²) in [5.74, 6) is 1.44. The number of nitrogens with zero attached hydrogens (tertiary/aromatic N) is 1. The van der Waals surface area contributed by atoms with E-state index in [1.807, 2.05) is 24.3 Å². The lowest BCUT2D eigenvalue weighted by Crippen LogP contribution is -2.18. The fourth-order valence-corrected chi connectivity index (χ4v) is 1.48. The van der Waals surface area contributed by atoms with Crippen molar-refractivity contribution in [3.05, 3.63) is 36.5 Å². The van der Waals surface area contributed by atoms with Gasteiger partial charge in [-0.05, 0) is 37.1 Å². The van der Waals surface area contributed by atoms with Gasteiger partial charge in [-0.1, -0.05) is 19.9 Å². The van der Waals surface area contributed by atoms with Gasteiger partial charge in [0.15, 0.2) is 0 Å². The van der Waals surface area contributed by atoms with Crippen LogP contribution >= 0.6 is 0 Å². The van der Waals surface area contributed by atoms with Gasteiger partial charge < -0.3 is 4.74 Å². The zero-order valence-corrected chi connectivity index (χ0v) is 9.97. The van der Waals surface area contributed by atoms with Crippen molar-refractivity contribution in [3.8, 4) is 5.75 Å². The van der Waals surface area contributed by atoms with Crippen molar-refractivity contribution in [1.82, 2.24) is 4.98 Å². The molecule has 0 spiro atoms. The summed E-state index contributed by atoms with van der Waals surface area (Å²) in [7, 11) is 0. The van der Waals surface area contributed by atoms with Crippen LogP contribution in [0.3, 0.4) is 0 Å². The van der Waals surface area contributed by atoms with E-state index in [0.29, 0.717) is 5.92 Å². The van der Waals surface area contributed by atoms with Crippen LogP contribution in [-0.4, -0.2) is 11.1 Å². The molecule has 2 heteroatoms. The van der Waals surface area contributed by atoms with E-state index in [1.54, 1.807) is 6.20 Å². The summed E-state index contributed by atoms with van der Waals surface area (Å²) in [6, 6.07) is 10.0. The number of hydrogen-bond acceptors (Lipinski definition) is 2. The van der Waals surface area contributed by atoms with E-state index >= 15 is 0 Å². The standard InChI is InChI=1S/C14H17NO/c1-10(2)11(3)16-13-6-7-14-12(9-13)5-4-8-15-14/h4-11H,1-3H3. The lowest BCUT2D eigenvalue weighted by Gasteiger charge is -2.18. The third-order valence-electron chi connectivity index (χ3n) is 2.84. The van der Waals surface area contributed by atoms with Crippen molar-refractivity contribution in [1.29, 1.82) is 0 Å². The molecule has 0 bridgehead atoms. The van der Waals surface area contributed by atoms with E-state index in [0.717, 1.165) is 16.7 Å². The van der Waals surface area contributed by atoms with Crippen LogP contribution < -0.4 is 4.74 Å². The van der Waals surface area contributed by atoms with Crippen LogP contribution in [0, 0.1) is 5.92 Å². The van der Waals surface area contributed by atoms with Gasteiger partial charge in [0.2, 0.25) is 0 Å². The molecule has 0 saturated heterocycles. The highest BCUT2D eigenvalue weighted by atomic mass is 16.5. The monoisotopic (exact) mass is 215 g/mol. The van der Waals surface area contributed by atoms with Gasteiger partial charge in [-0.2, -0.15) is 0 Å². The lowest BCUT2D eigenvalue weighted by atomic mass is 10.1. The van der Waals surface area contributed by atoms with Crippen LogP contribution in [0.25, 0.3) is 10.9 Å². The summed E-state index contributed by atoms with van der Waals surface area (Å²) in [4.78, 5) is 4.28. The van der Waals surface area contributed by atoms with Crippen LogP contribution in [-0.2, 0) is 0 Å². The second kappa shape index (κ2) is 4.52. The Morgan fingerprint density at radius 3 is 2.69 bits per heavy atom. The van der Waals surface area contributed by atoms with Crippen LogP contribution in [0.4, 0.5) is 0 Å². The Hall–Kier alpha value is -1.57. The Bertz CT molecular complexity index is 479. The van der Waals surface area contributed by atoms with Crippen LogP contribution in [0.15, 0.2) is 36.5 Å². The van der Waals surface area contributed by atoms with Crippen LogP contribution in [0.1, 0.15) is 20.8 Å². The van der Waals surface area contributed by atoms with Gasteiger partial charge in [0.1, 0.15) is 5.75 Å². The molecule has 16 heavy (non-hydrogen) atoms. The summed E-state index contributed by atoms with van der Waals surface area (Å²) in [5.41, 5.74) is 1.01. The molecule has 0 fully saturated rings. The molecule has 1 atom stereocenters. The first-order valence-corrected chi connectivity index (χ1v) is 5.68. The zero-order chi connectivity index (χ0) is 11.5. The lowest BCUT2D eigenvalue weighted by molar-refractivity contribution is 0.170. The smallest absolute Gasteiger partial charge is 0.120 e. The van der Waals surface area contributed by atoms with E-state index in [-0.39, 0.29) is 6.10 Å². The Balaban J connectivity index is 2.26. The average molecular weight is 215 g/mol. The van der Waals surface area contributed by atoms with Gasteiger partial charge in [-0.15, -0.1) is 0 Å². The number of aromatic nitrogens is 1. The van der Waals surface area contributed by atoms with E-state index in [1.165, 1.54) is 0 Å². The Kier molecular flexibility index (Phi) is 3.09. The predicted octanol–water partition coefficient (Wildman–Crippen LogP) is 3.66. The quantitative estimate of drug-likeness (QED) is 0.779. The zero-order valence-electron chi connectivity index (χ0n) is 9.97. The van der Waals surface area contributed by atoms with Gasteiger partial charge in [-0.25, -0.2) is 0 Å². The molecule has 2 nitrogen and oxygen atoms in total. The van der Waals surface area contributed by atoms with Gasteiger partial charge in [0.25, 0.3) is 0 Å². The Labute approximate surface area is 96.3 Å². The van der Waals surface area contributed by atoms with Gasteiger partial charge in [0, 0.05) is 11.6 Å². The number of rotatable bonds is 3. The number of ether oxygens (including phenoxy) is 1. The molecule has 0 aliphatic carbocycles. The van der Waals surface area contributed by atoms with Crippen molar-refractivity contribution in [2.45, 2.75) is 26.9 Å². The summed E-state index contributed by atoms with van der Waals surface area (Å²) >= 11 is 0. The molecular weight excluding hydrogens is 198 g/mol. The topological polar surface area (TPSA) is 22.1 Å². The second-order valence-corrected chi connectivity index (χ2v) is 4.42. The molecule has 0 amide bonds. The van der Waals surface area contributed by atoms with Gasteiger partial charge >= 0.3 is 0 Å². The first kappa shape index (κ1) is 10.9. The molecule has 84 valence electrons. The van der Waals surface area contributed by atoms with Crippen LogP contribution in [0.2, 0.25) is 0 Å². The van der Waals surface area contributed by atoms with Crippen molar-refractivity contribution >= 4 is 10.9 Å². The molecule has 1 unspecified atom stereocenters. The second-order valence-electron chi connectivity index (χ2n) is 4.42. The highest BCUT2D eigenvalue weighted by Crippen LogP contribution is 2.21. The van der Waals surface area contributed by atoms with E-state index in [9.17, 15) is 0 Å². The molecule has 0 saturated carbocycles. The normalized spacial score (nSPS) is 13.0. The van der Waals surface area contributed by atoms with E-state index in [2.05, 4.69) is 31.8 Å². The van der Waals surface area contributed by atoms with Crippen molar-refractivity contribution < 1.29 is 4.74 Å². The highest BCUT2D eigenvalue weighted by Gasteiger charge is 2.08. The molecule has 1 aromatic carbocycles. The molecule has 2 rings (SSSR count). The number of pyridine rings is 1. The molecule has 0 N–H and O–H groups in total. The largest absolute Gasteiger partial charge is 0.490 e. The number of fused-ring (bicyclic) bond motifs is 1. The maximum atomic E-state index is 5.86. The summed E-state index contributed by atoms with van der Waals surface area (Å²) in [6.45, 7) is 6.42. The highest BCUT2D eigenvalue weighted by molar-refractivity contribution is 5.79. The SMILES string of the molecule is CC(C)C(C)Oc1ccc2ncccc2c1. The Morgan fingerprint density at radius 2 is 1.94 bits per heavy atom. The fourth-order valence-electron chi connectivity index (χ4n) is 1.48. The van der Waals surface area contributed by atoms with E-state index < -0.39 is 0 Å².